The fourth-order valence-corrected chi connectivity index (χ4v) is 5.13. The van der Waals surface area contributed by atoms with E-state index in [4.69, 9.17) is 32.7 Å². The van der Waals surface area contributed by atoms with Crippen LogP contribution in [0.1, 0.15) is 29.8 Å². The summed E-state index contributed by atoms with van der Waals surface area (Å²) in [5, 5.41) is 16.5. The lowest BCUT2D eigenvalue weighted by Crippen LogP contribution is -2.49. The number of aliphatic hydroxyl groups excluding tert-OH is 1. The van der Waals surface area contributed by atoms with Crippen LogP contribution in [0.25, 0.3) is 0 Å². The Hall–Kier alpha value is -3.50. The number of nitrogens with zero attached hydrogens (tertiary/aromatic N) is 2. The highest BCUT2D eigenvalue weighted by Gasteiger charge is 2.33. The van der Waals surface area contributed by atoms with Gasteiger partial charge in [0.25, 0.3) is 5.91 Å². The molecule has 0 fully saturated rings. The summed E-state index contributed by atoms with van der Waals surface area (Å²) in [7, 11) is 3.56. The van der Waals surface area contributed by atoms with Crippen LogP contribution in [0.15, 0.2) is 60.7 Å². The van der Waals surface area contributed by atoms with Crippen molar-refractivity contribution in [2.75, 3.05) is 44.5 Å². The van der Waals surface area contributed by atoms with Gasteiger partial charge in [-0.25, -0.2) is 4.79 Å². The van der Waals surface area contributed by atoms with Crippen LogP contribution in [0.5, 0.6) is 11.5 Å². The minimum atomic E-state index is -0.463. The van der Waals surface area contributed by atoms with E-state index in [9.17, 15) is 14.7 Å². The first-order valence-electron chi connectivity index (χ1n) is 13.6. The molecular weight excluding hydrogens is 579 g/mol. The normalized spacial score (nSPS) is 17.5. The SMILES string of the molecule is COc1ccc(NC(=O)Nc2ccc3c(c2)C(=O)N([C@H](C)CO)C[C@H](C)[C@@H](CN(C)Cc2ccc(Cl)c(Cl)c2)O3)cc1. The zero-order valence-electron chi connectivity index (χ0n) is 24.1. The molecule has 0 spiro atoms. The van der Waals surface area contributed by atoms with Crippen LogP contribution in [0.2, 0.25) is 10.0 Å². The van der Waals surface area contributed by atoms with Gasteiger partial charge in [0.1, 0.15) is 17.6 Å². The maximum absolute atomic E-state index is 13.7. The van der Waals surface area contributed by atoms with Crippen LogP contribution >= 0.6 is 23.2 Å². The second kappa shape index (κ2) is 14.1. The van der Waals surface area contributed by atoms with Crippen molar-refractivity contribution in [1.82, 2.24) is 9.80 Å². The molecule has 3 aromatic rings. The van der Waals surface area contributed by atoms with Crippen LogP contribution < -0.4 is 20.1 Å². The Kier molecular flexibility index (Phi) is 10.6. The predicted molar refractivity (Wildman–Crippen MR) is 166 cm³/mol. The largest absolute Gasteiger partial charge is 0.497 e. The van der Waals surface area contributed by atoms with Gasteiger partial charge < -0.3 is 30.1 Å². The molecule has 0 saturated carbocycles. The zero-order chi connectivity index (χ0) is 30.4. The van der Waals surface area contributed by atoms with E-state index in [0.717, 1.165) is 5.56 Å². The minimum absolute atomic E-state index is 0.0413. The fourth-order valence-electron chi connectivity index (χ4n) is 4.81. The van der Waals surface area contributed by atoms with Crippen molar-refractivity contribution in [3.05, 3.63) is 81.8 Å². The number of anilines is 2. The van der Waals surface area contributed by atoms with E-state index in [1.165, 1.54) is 0 Å². The summed E-state index contributed by atoms with van der Waals surface area (Å²) in [6.07, 6.45) is -0.268. The van der Waals surface area contributed by atoms with E-state index < -0.39 is 12.1 Å². The van der Waals surface area contributed by atoms with Crippen molar-refractivity contribution in [3.63, 3.8) is 0 Å². The molecule has 0 aliphatic carbocycles. The molecule has 3 amide bonds. The van der Waals surface area contributed by atoms with E-state index in [1.807, 2.05) is 33.0 Å². The molecule has 0 saturated heterocycles. The van der Waals surface area contributed by atoms with Crippen LogP contribution in [-0.2, 0) is 6.54 Å². The van der Waals surface area contributed by atoms with E-state index in [0.29, 0.717) is 58.1 Å². The predicted octanol–water partition coefficient (Wildman–Crippen LogP) is 6.00. The number of fused-ring (bicyclic) bond motifs is 1. The van der Waals surface area contributed by atoms with Crippen molar-refractivity contribution >= 4 is 46.5 Å². The van der Waals surface area contributed by atoms with E-state index in [1.54, 1.807) is 60.5 Å². The molecule has 0 aromatic heterocycles. The highest BCUT2D eigenvalue weighted by molar-refractivity contribution is 6.42. The number of rotatable bonds is 9. The number of carbonyl (C=O) groups is 2. The van der Waals surface area contributed by atoms with Gasteiger partial charge in [0.05, 0.1) is 35.4 Å². The molecule has 3 atom stereocenters. The third kappa shape index (κ3) is 7.86. The molecule has 3 aromatic carbocycles. The number of hydrogen-bond acceptors (Lipinski definition) is 6. The van der Waals surface area contributed by atoms with Gasteiger partial charge >= 0.3 is 6.03 Å². The zero-order valence-corrected chi connectivity index (χ0v) is 25.6. The summed E-state index contributed by atoms with van der Waals surface area (Å²) in [6, 6.07) is 16.6. The molecule has 0 unspecified atom stereocenters. The number of halogens is 2. The Morgan fingerprint density at radius 3 is 2.45 bits per heavy atom. The summed E-state index contributed by atoms with van der Waals surface area (Å²) in [4.78, 5) is 30.2. The number of ether oxygens (including phenoxy) is 2. The van der Waals surface area contributed by atoms with Gasteiger partial charge in [-0.2, -0.15) is 0 Å². The van der Waals surface area contributed by atoms with Gasteiger partial charge in [-0.3, -0.25) is 9.69 Å². The number of urea groups is 1. The Morgan fingerprint density at radius 1 is 1.10 bits per heavy atom. The molecule has 1 aliphatic rings. The number of carbonyl (C=O) groups excluding carboxylic acids is 2. The number of methoxy groups -OCH3 is 1. The quantitative estimate of drug-likeness (QED) is 0.273. The van der Waals surface area contributed by atoms with E-state index in [-0.39, 0.29) is 24.5 Å². The lowest BCUT2D eigenvalue weighted by molar-refractivity contribution is 0.0341. The summed E-state index contributed by atoms with van der Waals surface area (Å²) in [5.74, 6) is 0.771. The first-order valence-corrected chi connectivity index (χ1v) is 14.4. The maximum Gasteiger partial charge on any atom is 0.323 e. The average molecular weight is 616 g/mol. The van der Waals surface area contributed by atoms with Crippen molar-refractivity contribution in [2.24, 2.45) is 5.92 Å². The van der Waals surface area contributed by atoms with Gasteiger partial charge in [-0.1, -0.05) is 36.2 Å². The maximum atomic E-state index is 13.7. The van der Waals surface area contributed by atoms with Gasteiger partial charge in [0.2, 0.25) is 0 Å². The highest BCUT2D eigenvalue weighted by Crippen LogP contribution is 2.31. The number of nitrogens with one attached hydrogen (secondary N) is 2. The van der Waals surface area contributed by atoms with Gasteiger partial charge in [0, 0.05) is 36.9 Å². The van der Waals surface area contributed by atoms with Crippen molar-refractivity contribution < 1.29 is 24.2 Å². The molecule has 1 heterocycles. The molecule has 0 radical (unpaired) electrons. The Labute approximate surface area is 256 Å². The Bertz CT molecular complexity index is 1400. The van der Waals surface area contributed by atoms with Gasteiger partial charge in [0.15, 0.2) is 0 Å². The topological polar surface area (TPSA) is 103 Å². The Morgan fingerprint density at radius 2 is 1.79 bits per heavy atom. The Balaban J connectivity index is 1.54. The molecule has 0 bridgehead atoms. The number of likely N-dealkylation sites (N-methyl/N-ethyl adjacent to an activating group) is 1. The molecular formula is C31H36Cl2N4O5. The number of hydrogen-bond donors (Lipinski definition) is 3. The van der Waals surface area contributed by atoms with Crippen molar-refractivity contribution in [3.8, 4) is 11.5 Å². The second-order valence-electron chi connectivity index (χ2n) is 10.6. The number of benzene rings is 3. The summed E-state index contributed by atoms with van der Waals surface area (Å²) < 4.78 is 11.6. The summed E-state index contributed by atoms with van der Waals surface area (Å²) in [5.41, 5.74) is 2.33. The monoisotopic (exact) mass is 614 g/mol. The minimum Gasteiger partial charge on any atom is -0.497 e. The van der Waals surface area contributed by atoms with Crippen LogP contribution in [0.3, 0.4) is 0 Å². The second-order valence-corrected chi connectivity index (χ2v) is 11.4. The molecule has 42 heavy (non-hydrogen) atoms. The molecule has 1 aliphatic heterocycles. The average Bonchev–Trinajstić information content (AvgIpc) is 2.97. The van der Waals surface area contributed by atoms with Crippen molar-refractivity contribution in [2.45, 2.75) is 32.5 Å². The molecule has 11 heteroatoms. The third-order valence-electron chi connectivity index (χ3n) is 7.20. The van der Waals surface area contributed by atoms with Crippen LogP contribution in [0, 0.1) is 5.92 Å². The van der Waals surface area contributed by atoms with Gasteiger partial charge in [-0.05, 0) is 74.1 Å². The fraction of sp³-hybridized carbons (Fsp3) is 0.355. The first-order chi connectivity index (χ1) is 20.1. The summed E-state index contributed by atoms with van der Waals surface area (Å²) >= 11 is 12.3. The van der Waals surface area contributed by atoms with E-state index in [2.05, 4.69) is 15.5 Å². The first kappa shape index (κ1) is 31.4. The third-order valence-corrected chi connectivity index (χ3v) is 7.94. The van der Waals surface area contributed by atoms with Crippen molar-refractivity contribution in [1.29, 1.82) is 0 Å². The summed E-state index contributed by atoms with van der Waals surface area (Å²) in [6.45, 7) is 5.24. The van der Waals surface area contributed by atoms with Crippen LogP contribution in [-0.4, -0.2) is 72.8 Å². The smallest absolute Gasteiger partial charge is 0.323 e. The molecule has 4 rings (SSSR count). The lowest BCUT2D eigenvalue weighted by Gasteiger charge is -2.38. The molecule has 9 nitrogen and oxygen atoms in total. The van der Waals surface area contributed by atoms with E-state index >= 15 is 0 Å². The van der Waals surface area contributed by atoms with Crippen LogP contribution in [0.4, 0.5) is 16.2 Å². The highest BCUT2D eigenvalue weighted by atomic mass is 35.5. The van der Waals surface area contributed by atoms with Gasteiger partial charge in [-0.15, -0.1) is 0 Å². The molecule has 3 N–H and O–H groups in total. The molecule has 224 valence electrons. The standard InChI is InChI=1S/C31H36Cl2N4O5/c1-19-15-37(20(2)18-38)30(39)25-14-23(35-31(40)34-22-6-9-24(41-4)10-7-22)8-12-28(25)42-29(19)17-36(3)16-21-5-11-26(32)27(33)13-21/h5-14,19-20,29,38H,15-18H2,1-4H3,(H2,34,35,40)/t19-,20+,29+/m0/s1. The number of aliphatic hydroxyl groups is 1. The number of amides is 3. The lowest BCUT2D eigenvalue weighted by atomic mass is 9.99.